The third-order valence-corrected chi connectivity index (χ3v) is 5.57. The van der Waals surface area contributed by atoms with Crippen LogP contribution in [0.2, 0.25) is 0 Å². The lowest BCUT2D eigenvalue weighted by Gasteiger charge is -2.47. The maximum Gasteiger partial charge on any atom is 0.222 e. The van der Waals surface area contributed by atoms with Crippen molar-refractivity contribution in [1.82, 2.24) is 4.90 Å². The number of carbonyl (C=O) groups excluding carboxylic acids is 1. The maximum absolute atomic E-state index is 12.4. The van der Waals surface area contributed by atoms with Crippen molar-refractivity contribution in [2.24, 2.45) is 5.92 Å². The van der Waals surface area contributed by atoms with Gasteiger partial charge in [-0.1, -0.05) is 43.2 Å². The lowest BCUT2D eigenvalue weighted by molar-refractivity contribution is -0.143. The highest BCUT2D eigenvalue weighted by atomic mass is 16.5. The van der Waals surface area contributed by atoms with Gasteiger partial charge in [-0.3, -0.25) is 4.79 Å². The molecule has 1 aromatic rings. The summed E-state index contributed by atoms with van der Waals surface area (Å²) in [6.07, 6.45) is 6.32. The highest BCUT2D eigenvalue weighted by Gasteiger charge is 2.43. The molecule has 1 aromatic carbocycles. The van der Waals surface area contributed by atoms with Crippen molar-refractivity contribution in [3.8, 4) is 0 Å². The van der Waals surface area contributed by atoms with Crippen molar-refractivity contribution in [1.29, 1.82) is 0 Å². The zero-order valence-corrected chi connectivity index (χ0v) is 14.5. The summed E-state index contributed by atoms with van der Waals surface area (Å²) in [4.78, 5) is 14.4. The molecule has 2 atom stereocenters. The minimum Gasteiger partial charge on any atom is -0.389 e. The van der Waals surface area contributed by atoms with Crippen LogP contribution < -0.4 is 0 Å². The number of hydrogen-bond donors (Lipinski definition) is 1. The predicted octanol–water partition coefficient (Wildman–Crippen LogP) is 3.14. The minimum atomic E-state index is -0.506. The fourth-order valence-electron chi connectivity index (χ4n) is 4.05. The molecule has 1 aliphatic carbocycles. The van der Waals surface area contributed by atoms with Crippen molar-refractivity contribution >= 4 is 5.91 Å². The number of ether oxygens (including phenoxy) is 1. The van der Waals surface area contributed by atoms with Gasteiger partial charge in [0, 0.05) is 32.0 Å². The van der Waals surface area contributed by atoms with E-state index in [4.69, 9.17) is 4.74 Å². The van der Waals surface area contributed by atoms with Crippen LogP contribution in [0.3, 0.4) is 0 Å². The predicted molar refractivity (Wildman–Crippen MR) is 93.4 cm³/mol. The molecule has 4 nitrogen and oxygen atoms in total. The normalized spacial score (nSPS) is 26.9. The van der Waals surface area contributed by atoms with Gasteiger partial charge in [-0.25, -0.2) is 0 Å². The second-order valence-electron chi connectivity index (χ2n) is 7.28. The second-order valence-corrected chi connectivity index (χ2v) is 7.28. The molecule has 1 saturated heterocycles. The van der Waals surface area contributed by atoms with Crippen LogP contribution in [0.1, 0.15) is 50.5 Å². The zero-order chi connectivity index (χ0) is 16.8. The first-order valence-corrected chi connectivity index (χ1v) is 9.29. The molecule has 1 N–H and O–H groups in total. The van der Waals surface area contributed by atoms with Gasteiger partial charge >= 0.3 is 0 Å². The monoisotopic (exact) mass is 331 g/mol. The number of aliphatic hydroxyl groups is 1. The molecule has 3 rings (SSSR count). The number of piperidine rings is 1. The van der Waals surface area contributed by atoms with Crippen LogP contribution in [0.15, 0.2) is 30.3 Å². The van der Waals surface area contributed by atoms with E-state index in [0.29, 0.717) is 26.2 Å². The van der Waals surface area contributed by atoms with E-state index >= 15 is 0 Å². The summed E-state index contributed by atoms with van der Waals surface area (Å²) in [5, 5.41) is 10.7. The third kappa shape index (κ3) is 4.37. The number of rotatable bonds is 6. The smallest absolute Gasteiger partial charge is 0.222 e. The number of benzene rings is 1. The number of carbonyl (C=O) groups is 1. The average Bonchev–Trinajstić information content (AvgIpc) is 2.61. The molecule has 2 fully saturated rings. The molecule has 4 heteroatoms. The molecule has 24 heavy (non-hydrogen) atoms. The summed E-state index contributed by atoms with van der Waals surface area (Å²) in [7, 11) is 0. The van der Waals surface area contributed by atoms with Crippen LogP contribution in [0.4, 0.5) is 0 Å². The maximum atomic E-state index is 12.4. The molecule has 2 aliphatic rings. The van der Waals surface area contributed by atoms with Gasteiger partial charge in [-0.2, -0.15) is 0 Å². The fourth-order valence-corrected chi connectivity index (χ4v) is 4.05. The Morgan fingerprint density at radius 2 is 2.08 bits per heavy atom. The minimum absolute atomic E-state index is 0.214. The van der Waals surface area contributed by atoms with Crippen molar-refractivity contribution in [2.45, 2.75) is 57.2 Å². The van der Waals surface area contributed by atoms with Gasteiger partial charge in [0.15, 0.2) is 0 Å². The summed E-state index contributed by atoms with van der Waals surface area (Å²) in [6, 6.07) is 10.1. The zero-order valence-electron chi connectivity index (χ0n) is 14.5. The Morgan fingerprint density at radius 3 is 2.92 bits per heavy atom. The van der Waals surface area contributed by atoms with Gasteiger partial charge in [-0.05, 0) is 31.2 Å². The molecule has 0 spiro atoms. The second kappa shape index (κ2) is 8.13. The molecular weight excluding hydrogens is 302 g/mol. The van der Waals surface area contributed by atoms with E-state index in [1.54, 1.807) is 0 Å². The highest BCUT2D eigenvalue weighted by molar-refractivity contribution is 5.76. The van der Waals surface area contributed by atoms with Crippen LogP contribution in [0.25, 0.3) is 0 Å². The largest absolute Gasteiger partial charge is 0.389 e. The number of fused-ring (bicyclic) bond motifs is 1. The number of likely N-dealkylation sites (tertiary alicyclic amines) is 1. The summed E-state index contributed by atoms with van der Waals surface area (Å²) in [6.45, 7) is 2.66. The number of amides is 1. The van der Waals surface area contributed by atoms with Crippen LogP contribution in [0, 0.1) is 5.92 Å². The third-order valence-electron chi connectivity index (χ3n) is 5.57. The van der Waals surface area contributed by atoms with E-state index in [9.17, 15) is 9.90 Å². The highest BCUT2D eigenvalue weighted by Crippen LogP contribution is 2.39. The molecule has 0 bridgehead atoms. The Labute approximate surface area is 144 Å². The van der Waals surface area contributed by atoms with Crippen LogP contribution in [-0.2, 0) is 16.1 Å². The molecule has 1 heterocycles. The van der Waals surface area contributed by atoms with Crippen molar-refractivity contribution < 1.29 is 14.6 Å². The Kier molecular flexibility index (Phi) is 5.90. The van der Waals surface area contributed by atoms with Gasteiger partial charge < -0.3 is 14.7 Å². The van der Waals surface area contributed by atoms with E-state index < -0.39 is 5.60 Å². The summed E-state index contributed by atoms with van der Waals surface area (Å²) in [5.74, 6) is 0.490. The molecule has 1 saturated carbocycles. The summed E-state index contributed by atoms with van der Waals surface area (Å²) in [5.41, 5.74) is 0.657. The van der Waals surface area contributed by atoms with E-state index in [-0.39, 0.29) is 11.8 Å². The van der Waals surface area contributed by atoms with E-state index in [2.05, 4.69) is 0 Å². The van der Waals surface area contributed by atoms with Crippen molar-refractivity contribution in [3.05, 3.63) is 35.9 Å². The first-order valence-electron chi connectivity index (χ1n) is 9.29. The molecule has 1 aliphatic heterocycles. The van der Waals surface area contributed by atoms with Gasteiger partial charge in [0.05, 0.1) is 12.2 Å². The van der Waals surface area contributed by atoms with Gasteiger partial charge in [0.25, 0.3) is 0 Å². The molecule has 0 radical (unpaired) electrons. The molecule has 0 unspecified atom stereocenters. The first kappa shape index (κ1) is 17.4. The first-order chi connectivity index (χ1) is 11.7. The Hall–Kier alpha value is -1.39. The van der Waals surface area contributed by atoms with E-state index in [1.165, 1.54) is 6.42 Å². The van der Waals surface area contributed by atoms with Gasteiger partial charge in [-0.15, -0.1) is 0 Å². The van der Waals surface area contributed by atoms with E-state index in [0.717, 1.165) is 44.2 Å². The van der Waals surface area contributed by atoms with Crippen LogP contribution >= 0.6 is 0 Å². The Morgan fingerprint density at radius 1 is 1.25 bits per heavy atom. The SMILES string of the molecule is O=C(CCCOCc1ccccc1)N1CC[C@@]2(O)CCCC[C@H]2C1. The molecule has 0 aromatic heterocycles. The lowest BCUT2D eigenvalue weighted by atomic mass is 9.71. The fraction of sp³-hybridized carbons (Fsp3) is 0.650. The quantitative estimate of drug-likeness (QED) is 0.815. The summed E-state index contributed by atoms with van der Waals surface area (Å²) >= 11 is 0. The standard InChI is InChI=1S/C20H29NO3/c22-19(10-6-14-24-16-17-7-2-1-3-8-17)21-13-12-20(23)11-5-4-9-18(20)15-21/h1-3,7-8,18,23H,4-6,9-16H2/t18-,20-/m0/s1. The molecule has 132 valence electrons. The van der Waals surface area contributed by atoms with Crippen molar-refractivity contribution in [3.63, 3.8) is 0 Å². The molecule has 1 amide bonds. The van der Waals surface area contributed by atoms with Crippen LogP contribution in [-0.4, -0.2) is 41.2 Å². The van der Waals surface area contributed by atoms with E-state index in [1.807, 2.05) is 35.2 Å². The average molecular weight is 331 g/mol. The van der Waals surface area contributed by atoms with Gasteiger partial charge in [0.1, 0.15) is 0 Å². The lowest BCUT2D eigenvalue weighted by Crippen LogP contribution is -2.54. The van der Waals surface area contributed by atoms with Gasteiger partial charge in [0.2, 0.25) is 5.91 Å². The topological polar surface area (TPSA) is 49.8 Å². The number of hydrogen-bond acceptors (Lipinski definition) is 3. The van der Waals surface area contributed by atoms with Crippen LogP contribution in [0.5, 0.6) is 0 Å². The Bertz CT molecular complexity index is 533. The van der Waals surface area contributed by atoms with Crippen molar-refractivity contribution in [2.75, 3.05) is 19.7 Å². The summed E-state index contributed by atoms with van der Waals surface area (Å²) < 4.78 is 5.65. The molecular formula is C20H29NO3. The Balaban J connectivity index is 1.35. The number of nitrogens with zero attached hydrogens (tertiary/aromatic N) is 1.